The van der Waals surface area contributed by atoms with Crippen LogP contribution in [0.3, 0.4) is 0 Å². The van der Waals surface area contributed by atoms with Crippen molar-refractivity contribution in [1.82, 2.24) is 5.32 Å². The Morgan fingerprint density at radius 2 is 2.00 bits per heavy atom. The van der Waals surface area contributed by atoms with Crippen molar-refractivity contribution in [1.29, 1.82) is 0 Å². The third-order valence-corrected chi connectivity index (χ3v) is 1.53. The van der Waals surface area contributed by atoms with Gasteiger partial charge >= 0.3 is 6.09 Å². The molecule has 0 spiro atoms. The van der Waals surface area contributed by atoms with E-state index in [1.807, 2.05) is 0 Å². The Kier molecular flexibility index (Phi) is 5.56. The molecule has 6 nitrogen and oxygen atoms in total. The number of amides is 1. The SMILES string of the molecule is CC(C)(C)OC(=O)NCC[C@H](N)C(O)O. The van der Waals surface area contributed by atoms with Gasteiger partial charge in [-0.2, -0.15) is 0 Å². The van der Waals surface area contributed by atoms with Gasteiger partial charge in [0.05, 0.1) is 6.04 Å². The van der Waals surface area contributed by atoms with Crippen molar-refractivity contribution < 1.29 is 19.7 Å². The Hall–Kier alpha value is -0.850. The lowest BCUT2D eigenvalue weighted by Crippen LogP contribution is -2.39. The standard InChI is InChI=1S/C9H20N2O4/c1-9(2,3)15-8(14)11-5-4-6(10)7(12)13/h6-7,12-13H,4-5,10H2,1-3H3,(H,11,14)/t6-/m0/s1. The summed E-state index contributed by atoms with van der Waals surface area (Å²) in [6.07, 6.45) is -1.83. The first kappa shape index (κ1) is 14.2. The summed E-state index contributed by atoms with van der Waals surface area (Å²) in [5.41, 5.74) is 4.80. The number of aliphatic hydroxyl groups excluding tert-OH is 1. The van der Waals surface area contributed by atoms with Crippen molar-refractivity contribution in [2.75, 3.05) is 6.54 Å². The summed E-state index contributed by atoms with van der Waals surface area (Å²) in [6.45, 7) is 5.52. The third-order valence-electron chi connectivity index (χ3n) is 1.53. The highest BCUT2D eigenvalue weighted by molar-refractivity contribution is 5.67. The van der Waals surface area contributed by atoms with Gasteiger partial charge in [-0.05, 0) is 27.2 Å². The van der Waals surface area contributed by atoms with E-state index in [0.717, 1.165) is 0 Å². The summed E-state index contributed by atoms with van der Waals surface area (Å²) >= 11 is 0. The van der Waals surface area contributed by atoms with Gasteiger partial charge in [0.1, 0.15) is 5.60 Å². The normalized spacial score (nSPS) is 13.8. The molecule has 0 fully saturated rings. The van der Waals surface area contributed by atoms with Gasteiger partial charge in [-0.3, -0.25) is 0 Å². The quantitative estimate of drug-likeness (QED) is 0.480. The highest BCUT2D eigenvalue weighted by Gasteiger charge is 2.16. The molecule has 6 heteroatoms. The van der Waals surface area contributed by atoms with Crippen molar-refractivity contribution in [2.24, 2.45) is 5.73 Å². The zero-order chi connectivity index (χ0) is 12.1. The van der Waals surface area contributed by atoms with Crippen LogP contribution in [-0.4, -0.2) is 40.8 Å². The van der Waals surface area contributed by atoms with Crippen LogP contribution in [0.4, 0.5) is 4.79 Å². The minimum Gasteiger partial charge on any atom is -0.444 e. The number of hydrogen-bond acceptors (Lipinski definition) is 5. The van der Waals surface area contributed by atoms with Crippen LogP contribution < -0.4 is 11.1 Å². The second-order valence-corrected chi connectivity index (χ2v) is 4.29. The molecule has 0 rings (SSSR count). The lowest BCUT2D eigenvalue weighted by molar-refractivity contribution is -0.0595. The molecule has 1 amide bonds. The summed E-state index contributed by atoms with van der Waals surface area (Å²) < 4.78 is 4.96. The van der Waals surface area contributed by atoms with Gasteiger partial charge in [-0.15, -0.1) is 0 Å². The van der Waals surface area contributed by atoms with Gasteiger partial charge in [-0.25, -0.2) is 4.79 Å². The zero-order valence-electron chi connectivity index (χ0n) is 9.36. The van der Waals surface area contributed by atoms with E-state index in [1.54, 1.807) is 20.8 Å². The number of ether oxygens (including phenoxy) is 1. The molecule has 0 aromatic heterocycles. The van der Waals surface area contributed by atoms with E-state index >= 15 is 0 Å². The smallest absolute Gasteiger partial charge is 0.407 e. The Morgan fingerprint density at radius 3 is 2.40 bits per heavy atom. The second-order valence-electron chi connectivity index (χ2n) is 4.29. The molecule has 0 aliphatic rings. The summed E-state index contributed by atoms with van der Waals surface area (Å²) in [5.74, 6) is 0. The summed E-state index contributed by atoms with van der Waals surface area (Å²) in [6, 6.07) is -0.764. The number of hydrogen-bond donors (Lipinski definition) is 4. The zero-order valence-corrected chi connectivity index (χ0v) is 9.36. The fourth-order valence-corrected chi connectivity index (χ4v) is 0.804. The van der Waals surface area contributed by atoms with Crippen LogP contribution in [0.25, 0.3) is 0 Å². The van der Waals surface area contributed by atoms with E-state index in [2.05, 4.69) is 5.32 Å². The molecule has 0 saturated carbocycles. The van der Waals surface area contributed by atoms with Crippen molar-refractivity contribution in [2.45, 2.75) is 45.1 Å². The molecule has 0 aromatic carbocycles. The van der Waals surface area contributed by atoms with Gasteiger partial charge in [0.2, 0.25) is 0 Å². The molecule has 0 radical (unpaired) electrons. The molecule has 0 aromatic rings. The molecular weight excluding hydrogens is 200 g/mol. The van der Waals surface area contributed by atoms with E-state index in [1.165, 1.54) is 0 Å². The average Bonchev–Trinajstić information content (AvgIpc) is 2.00. The lowest BCUT2D eigenvalue weighted by atomic mass is 10.2. The molecule has 0 aliphatic heterocycles. The van der Waals surface area contributed by atoms with E-state index in [4.69, 9.17) is 20.7 Å². The molecule has 1 atom stereocenters. The number of alkyl carbamates (subject to hydrolysis) is 1. The Labute approximate surface area is 89.4 Å². The largest absolute Gasteiger partial charge is 0.444 e. The van der Waals surface area contributed by atoms with Crippen LogP contribution in [0.1, 0.15) is 27.2 Å². The second kappa shape index (κ2) is 5.89. The van der Waals surface area contributed by atoms with Gasteiger partial charge in [-0.1, -0.05) is 0 Å². The van der Waals surface area contributed by atoms with Crippen LogP contribution >= 0.6 is 0 Å². The van der Waals surface area contributed by atoms with Gasteiger partial charge in [0.25, 0.3) is 0 Å². The first-order chi connectivity index (χ1) is 6.72. The molecule has 0 bridgehead atoms. The first-order valence-corrected chi connectivity index (χ1v) is 4.81. The molecule has 15 heavy (non-hydrogen) atoms. The maximum Gasteiger partial charge on any atom is 0.407 e. The van der Waals surface area contributed by atoms with E-state index in [-0.39, 0.29) is 13.0 Å². The van der Waals surface area contributed by atoms with E-state index in [9.17, 15) is 4.79 Å². The summed E-state index contributed by atoms with van der Waals surface area (Å²) in [4.78, 5) is 11.1. The van der Waals surface area contributed by atoms with Crippen molar-refractivity contribution in [3.63, 3.8) is 0 Å². The van der Waals surface area contributed by atoms with Gasteiger partial charge in [0, 0.05) is 6.54 Å². The number of rotatable bonds is 4. The maximum absolute atomic E-state index is 11.1. The number of nitrogens with one attached hydrogen (secondary N) is 1. The maximum atomic E-state index is 11.1. The molecular formula is C9H20N2O4. The molecule has 5 N–H and O–H groups in total. The van der Waals surface area contributed by atoms with Crippen LogP contribution in [0.15, 0.2) is 0 Å². The average molecular weight is 220 g/mol. The monoisotopic (exact) mass is 220 g/mol. The number of aliphatic hydroxyl groups is 2. The van der Waals surface area contributed by atoms with E-state index in [0.29, 0.717) is 0 Å². The van der Waals surface area contributed by atoms with Crippen LogP contribution in [0, 0.1) is 0 Å². The Bertz CT molecular complexity index is 201. The van der Waals surface area contributed by atoms with Crippen LogP contribution in [0.2, 0.25) is 0 Å². The fraction of sp³-hybridized carbons (Fsp3) is 0.889. The van der Waals surface area contributed by atoms with Crippen LogP contribution in [-0.2, 0) is 4.74 Å². The minimum absolute atomic E-state index is 0.244. The Morgan fingerprint density at radius 1 is 1.47 bits per heavy atom. The third kappa shape index (κ3) is 8.17. The van der Waals surface area contributed by atoms with Crippen molar-refractivity contribution in [3.05, 3.63) is 0 Å². The van der Waals surface area contributed by atoms with Gasteiger partial charge < -0.3 is 26.0 Å². The molecule has 0 heterocycles. The van der Waals surface area contributed by atoms with Gasteiger partial charge in [0.15, 0.2) is 6.29 Å². The van der Waals surface area contributed by atoms with Crippen molar-refractivity contribution in [3.8, 4) is 0 Å². The van der Waals surface area contributed by atoms with Crippen molar-refractivity contribution >= 4 is 6.09 Å². The predicted molar refractivity (Wildman–Crippen MR) is 55.1 cm³/mol. The molecule has 0 unspecified atom stereocenters. The first-order valence-electron chi connectivity index (χ1n) is 4.81. The number of carbonyl (C=O) groups is 1. The van der Waals surface area contributed by atoms with Crippen LogP contribution in [0.5, 0.6) is 0 Å². The minimum atomic E-state index is -1.56. The summed E-state index contributed by atoms with van der Waals surface area (Å²) in [7, 11) is 0. The van der Waals surface area contributed by atoms with E-state index < -0.39 is 24.0 Å². The fourth-order valence-electron chi connectivity index (χ4n) is 0.804. The Balaban J connectivity index is 3.65. The molecule has 0 saturated heterocycles. The molecule has 90 valence electrons. The lowest BCUT2D eigenvalue weighted by Gasteiger charge is -2.20. The summed E-state index contributed by atoms with van der Waals surface area (Å²) in [5, 5.41) is 19.8. The topological polar surface area (TPSA) is 105 Å². The highest BCUT2D eigenvalue weighted by Crippen LogP contribution is 2.06. The number of carbonyl (C=O) groups excluding carboxylic acids is 1. The predicted octanol–water partition coefficient (Wildman–Crippen LogP) is -0.461. The highest BCUT2D eigenvalue weighted by atomic mass is 16.6. The molecule has 0 aliphatic carbocycles. The number of nitrogens with two attached hydrogens (primary N) is 1.